The largest absolute Gasteiger partial charge is 0.392 e. The molecule has 0 aliphatic heterocycles. The van der Waals surface area contributed by atoms with Gasteiger partial charge in [0.1, 0.15) is 0 Å². The van der Waals surface area contributed by atoms with Crippen molar-refractivity contribution < 1.29 is 4.79 Å². The summed E-state index contributed by atoms with van der Waals surface area (Å²) in [5.74, 6) is -0.0646. The van der Waals surface area contributed by atoms with Gasteiger partial charge in [-0.05, 0) is 13.3 Å². The van der Waals surface area contributed by atoms with E-state index in [2.05, 4.69) is 5.10 Å². The molecule has 0 atom stereocenters. The molecule has 0 radical (unpaired) electrons. The molecule has 1 aromatic heterocycles. The van der Waals surface area contributed by atoms with Gasteiger partial charge in [-0.1, -0.05) is 19.1 Å². The van der Waals surface area contributed by atoms with Crippen molar-refractivity contribution in [3.05, 3.63) is 17.5 Å². The molecular weight excluding hydrogens is 236 g/mol. The summed E-state index contributed by atoms with van der Waals surface area (Å²) < 4.78 is 1.65. The number of hydrogen-bond acceptors (Lipinski definition) is 3. The number of aromatic nitrogens is 2. The second-order valence-electron chi connectivity index (χ2n) is 3.80. The van der Waals surface area contributed by atoms with Crippen molar-refractivity contribution in [1.82, 2.24) is 14.7 Å². The van der Waals surface area contributed by atoms with Gasteiger partial charge in [0, 0.05) is 19.8 Å². The Labute approximate surface area is 107 Å². The van der Waals surface area contributed by atoms with Gasteiger partial charge in [0.05, 0.1) is 22.8 Å². The Balaban J connectivity index is 2.96. The van der Waals surface area contributed by atoms with Crippen LogP contribution in [0.5, 0.6) is 0 Å². The minimum Gasteiger partial charge on any atom is -0.392 e. The molecule has 0 aliphatic carbocycles. The quantitative estimate of drug-likeness (QED) is 0.787. The lowest BCUT2D eigenvalue weighted by atomic mass is 10.2. The third-order valence-corrected chi connectivity index (χ3v) is 2.62. The molecule has 1 heterocycles. The van der Waals surface area contributed by atoms with Crippen molar-refractivity contribution in [1.29, 1.82) is 0 Å². The highest BCUT2D eigenvalue weighted by molar-refractivity contribution is 7.80. The highest BCUT2D eigenvalue weighted by Gasteiger charge is 2.20. The number of rotatable bonds is 5. The molecular formula is C11H18N4OS. The number of thiocarbonyl (C=S) groups is 1. The van der Waals surface area contributed by atoms with Crippen LogP contribution in [0.4, 0.5) is 0 Å². The molecule has 2 N–H and O–H groups in total. The summed E-state index contributed by atoms with van der Waals surface area (Å²) in [4.78, 5) is 14.2. The average Bonchev–Trinajstić information content (AvgIpc) is 2.66. The number of nitrogens with two attached hydrogens (primary N) is 1. The van der Waals surface area contributed by atoms with Crippen molar-refractivity contribution in [2.45, 2.75) is 20.3 Å². The summed E-state index contributed by atoms with van der Waals surface area (Å²) in [5, 5.41) is 4.25. The fourth-order valence-electron chi connectivity index (χ4n) is 1.66. The number of carbonyl (C=O) groups is 1. The van der Waals surface area contributed by atoms with E-state index in [1.807, 2.05) is 13.8 Å². The van der Waals surface area contributed by atoms with Gasteiger partial charge in [0.25, 0.3) is 5.91 Å². The highest BCUT2D eigenvalue weighted by atomic mass is 32.1. The third-order valence-electron chi connectivity index (χ3n) is 2.49. The molecule has 0 aliphatic rings. The van der Waals surface area contributed by atoms with Crippen LogP contribution in [-0.4, -0.2) is 38.7 Å². The van der Waals surface area contributed by atoms with E-state index < -0.39 is 0 Å². The minimum atomic E-state index is -0.0646. The lowest BCUT2D eigenvalue weighted by Crippen LogP contribution is -2.37. The zero-order valence-electron chi connectivity index (χ0n) is 10.4. The van der Waals surface area contributed by atoms with Gasteiger partial charge >= 0.3 is 0 Å². The maximum atomic E-state index is 12.3. The van der Waals surface area contributed by atoms with Crippen LogP contribution in [0.1, 0.15) is 29.9 Å². The Hall–Kier alpha value is -1.43. The van der Waals surface area contributed by atoms with E-state index >= 15 is 0 Å². The average molecular weight is 254 g/mol. The van der Waals surface area contributed by atoms with Gasteiger partial charge in [0.2, 0.25) is 0 Å². The number of hydrogen-bond donors (Lipinski definition) is 1. The summed E-state index contributed by atoms with van der Waals surface area (Å²) in [6.07, 6.45) is 2.47. The van der Waals surface area contributed by atoms with Crippen molar-refractivity contribution in [3.8, 4) is 0 Å². The molecule has 5 nitrogen and oxygen atoms in total. The lowest BCUT2D eigenvalue weighted by Gasteiger charge is -2.19. The minimum absolute atomic E-state index is 0.0646. The van der Waals surface area contributed by atoms with Gasteiger partial charge < -0.3 is 10.6 Å². The fourth-order valence-corrected chi connectivity index (χ4v) is 1.82. The molecule has 0 spiro atoms. The molecule has 0 saturated heterocycles. The van der Waals surface area contributed by atoms with E-state index in [1.165, 1.54) is 0 Å². The number of likely N-dealkylation sites (N-methyl/N-ethyl adjacent to an activating group) is 1. The van der Waals surface area contributed by atoms with E-state index in [1.54, 1.807) is 22.8 Å². The number of aryl methyl sites for hydroxylation is 2. The second-order valence-corrected chi connectivity index (χ2v) is 4.33. The topological polar surface area (TPSA) is 64.2 Å². The highest BCUT2D eigenvalue weighted by Crippen LogP contribution is 2.10. The summed E-state index contributed by atoms with van der Waals surface area (Å²) in [5.41, 5.74) is 6.91. The van der Waals surface area contributed by atoms with Crippen LogP contribution in [0.3, 0.4) is 0 Å². The predicted molar refractivity (Wildman–Crippen MR) is 70.9 cm³/mol. The van der Waals surface area contributed by atoms with E-state index in [4.69, 9.17) is 18.0 Å². The number of carbonyl (C=O) groups excluding carboxylic acids is 1. The molecule has 1 rings (SSSR count). The van der Waals surface area contributed by atoms with Crippen LogP contribution in [0, 0.1) is 0 Å². The predicted octanol–water partition coefficient (Wildman–Crippen LogP) is 0.731. The SMILES string of the molecule is CCc1nn(C)cc1C(=O)N(CC)CC(N)=S. The van der Waals surface area contributed by atoms with Gasteiger partial charge in [0.15, 0.2) is 0 Å². The summed E-state index contributed by atoms with van der Waals surface area (Å²) in [6.45, 7) is 4.76. The molecule has 0 fully saturated rings. The molecule has 0 aromatic carbocycles. The summed E-state index contributed by atoms with van der Waals surface area (Å²) in [6, 6.07) is 0. The molecule has 0 bridgehead atoms. The van der Waals surface area contributed by atoms with E-state index in [0.717, 1.165) is 12.1 Å². The standard InChI is InChI=1S/C11H18N4OS/c1-4-9-8(6-14(3)13-9)11(16)15(5-2)7-10(12)17/h6H,4-5,7H2,1-3H3,(H2,12,17). The van der Waals surface area contributed by atoms with Crippen LogP contribution in [-0.2, 0) is 13.5 Å². The third kappa shape index (κ3) is 3.26. The Kier molecular flexibility index (Phi) is 4.62. The van der Waals surface area contributed by atoms with Crippen LogP contribution in [0.25, 0.3) is 0 Å². The Morgan fingerprint density at radius 3 is 2.71 bits per heavy atom. The van der Waals surface area contributed by atoms with E-state index in [9.17, 15) is 4.79 Å². The van der Waals surface area contributed by atoms with E-state index in [-0.39, 0.29) is 5.91 Å². The Morgan fingerprint density at radius 1 is 1.59 bits per heavy atom. The fraction of sp³-hybridized carbons (Fsp3) is 0.545. The molecule has 6 heteroatoms. The van der Waals surface area contributed by atoms with Gasteiger partial charge in [-0.2, -0.15) is 5.10 Å². The summed E-state index contributed by atoms with van der Waals surface area (Å²) in [7, 11) is 1.81. The molecule has 1 aromatic rings. The van der Waals surface area contributed by atoms with Crippen molar-refractivity contribution in [2.24, 2.45) is 12.8 Å². The van der Waals surface area contributed by atoms with Gasteiger partial charge in [-0.3, -0.25) is 9.48 Å². The Morgan fingerprint density at radius 2 is 2.24 bits per heavy atom. The molecule has 1 amide bonds. The smallest absolute Gasteiger partial charge is 0.257 e. The van der Waals surface area contributed by atoms with Gasteiger partial charge in [-0.15, -0.1) is 0 Å². The number of amides is 1. The van der Waals surface area contributed by atoms with Crippen LogP contribution < -0.4 is 5.73 Å². The first-order valence-corrected chi connectivity index (χ1v) is 6.00. The molecule has 94 valence electrons. The second kappa shape index (κ2) is 5.77. The summed E-state index contributed by atoms with van der Waals surface area (Å²) >= 11 is 4.84. The normalized spacial score (nSPS) is 10.3. The van der Waals surface area contributed by atoms with Crippen LogP contribution in [0.2, 0.25) is 0 Å². The Bertz CT molecular complexity index is 427. The molecule has 0 saturated carbocycles. The molecule has 0 unspecified atom stereocenters. The number of nitrogens with zero attached hydrogens (tertiary/aromatic N) is 3. The maximum Gasteiger partial charge on any atom is 0.257 e. The van der Waals surface area contributed by atoms with E-state index in [0.29, 0.717) is 23.6 Å². The monoisotopic (exact) mass is 254 g/mol. The first-order valence-electron chi connectivity index (χ1n) is 5.59. The lowest BCUT2D eigenvalue weighted by molar-refractivity contribution is 0.0787. The first kappa shape index (κ1) is 13.6. The van der Waals surface area contributed by atoms with Crippen LogP contribution in [0.15, 0.2) is 6.20 Å². The van der Waals surface area contributed by atoms with Gasteiger partial charge in [-0.25, -0.2) is 0 Å². The van der Waals surface area contributed by atoms with Crippen molar-refractivity contribution in [3.63, 3.8) is 0 Å². The zero-order valence-corrected chi connectivity index (χ0v) is 11.3. The van der Waals surface area contributed by atoms with Crippen molar-refractivity contribution >= 4 is 23.1 Å². The van der Waals surface area contributed by atoms with Crippen LogP contribution >= 0.6 is 12.2 Å². The first-order chi connectivity index (χ1) is 7.99. The zero-order chi connectivity index (χ0) is 13.0. The maximum absolute atomic E-state index is 12.3. The van der Waals surface area contributed by atoms with Crippen molar-refractivity contribution in [2.75, 3.05) is 13.1 Å². The molecule has 17 heavy (non-hydrogen) atoms.